The molecule has 0 spiro atoms. The zero-order chi connectivity index (χ0) is 18.8. The van der Waals surface area contributed by atoms with E-state index in [9.17, 15) is 0 Å². The number of quaternary nitrogens is 1. The van der Waals surface area contributed by atoms with E-state index in [1.54, 1.807) is 0 Å². The maximum Gasteiger partial charge on any atom is 0.227 e. The van der Waals surface area contributed by atoms with Crippen molar-refractivity contribution >= 4 is 27.8 Å². The number of aryl methyl sites for hydroxylation is 2. The van der Waals surface area contributed by atoms with Crippen molar-refractivity contribution < 1.29 is 4.42 Å². The molecule has 1 unspecified atom stereocenters. The molecule has 2 atom stereocenters. The number of fused-ring (bicyclic) bond motifs is 3. The molecular weight excluding hydrogens is 334 g/mol. The molecule has 3 heterocycles. The van der Waals surface area contributed by atoms with Crippen LogP contribution in [-0.2, 0) is 0 Å². The summed E-state index contributed by atoms with van der Waals surface area (Å²) >= 11 is 0. The highest BCUT2D eigenvalue weighted by Crippen LogP contribution is 2.44. The van der Waals surface area contributed by atoms with Gasteiger partial charge >= 0.3 is 0 Å². The summed E-state index contributed by atoms with van der Waals surface area (Å²) in [5.41, 5.74) is 5.24. The number of benzene rings is 1. The lowest BCUT2D eigenvalue weighted by atomic mass is 10.1. The lowest BCUT2D eigenvalue weighted by Crippen LogP contribution is -2.52. The van der Waals surface area contributed by atoms with Gasteiger partial charge in [-0.25, -0.2) is 9.47 Å². The average Bonchev–Trinajstić information content (AvgIpc) is 3.34. The highest BCUT2D eigenvalue weighted by molar-refractivity contribution is 6.08. The third kappa shape index (κ3) is 2.36. The molecular formula is C23H28N3O+. The van der Waals surface area contributed by atoms with E-state index in [1.807, 2.05) is 6.92 Å². The zero-order valence-corrected chi connectivity index (χ0v) is 16.7. The molecule has 0 bridgehead atoms. The maximum atomic E-state index is 6.35. The van der Waals surface area contributed by atoms with Gasteiger partial charge in [-0.1, -0.05) is 18.9 Å². The normalized spacial score (nSPS) is 26.1. The van der Waals surface area contributed by atoms with Crippen molar-refractivity contribution in [1.29, 1.82) is 0 Å². The van der Waals surface area contributed by atoms with E-state index in [4.69, 9.17) is 4.42 Å². The summed E-state index contributed by atoms with van der Waals surface area (Å²) in [6, 6.07) is 9.29. The fraction of sp³-hybridized carbons (Fsp3) is 0.435. The van der Waals surface area contributed by atoms with Crippen molar-refractivity contribution in [2.24, 2.45) is 0 Å². The summed E-state index contributed by atoms with van der Waals surface area (Å²) in [4.78, 5) is 7.21. The molecule has 2 aliphatic rings. The SMILES string of the molecule is Cc1ccc2c(n1)oc1c([N+]3(C)C=CN(C4CCCC4)[C@@H]3C)c(C)ccc12. The van der Waals surface area contributed by atoms with E-state index in [0.717, 1.165) is 32.2 Å². The van der Waals surface area contributed by atoms with E-state index >= 15 is 0 Å². The van der Waals surface area contributed by atoms with Crippen molar-refractivity contribution in [2.75, 3.05) is 7.05 Å². The predicted molar refractivity (Wildman–Crippen MR) is 111 cm³/mol. The molecule has 0 amide bonds. The molecule has 2 aromatic heterocycles. The molecule has 1 aliphatic carbocycles. The Kier molecular flexibility index (Phi) is 3.63. The highest BCUT2D eigenvalue weighted by Gasteiger charge is 2.44. The Labute approximate surface area is 160 Å². The van der Waals surface area contributed by atoms with Crippen LogP contribution in [0.2, 0.25) is 0 Å². The van der Waals surface area contributed by atoms with Gasteiger partial charge in [0.2, 0.25) is 5.71 Å². The molecule has 0 radical (unpaired) electrons. The van der Waals surface area contributed by atoms with Gasteiger partial charge in [-0.15, -0.1) is 0 Å². The molecule has 1 fully saturated rings. The number of aromatic nitrogens is 1. The number of nitrogens with zero attached hydrogens (tertiary/aromatic N) is 3. The summed E-state index contributed by atoms with van der Waals surface area (Å²) < 4.78 is 7.10. The van der Waals surface area contributed by atoms with E-state index in [2.05, 4.69) is 67.4 Å². The van der Waals surface area contributed by atoms with Crippen LogP contribution in [-0.4, -0.2) is 29.1 Å². The van der Waals surface area contributed by atoms with Crippen molar-refractivity contribution in [3.05, 3.63) is 47.9 Å². The molecule has 5 rings (SSSR count). The largest absolute Gasteiger partial charge is 0.431 e. The molecule has 1 aliphatic heterocycles. The second-order valence-corrected chi connectivity index (χ2v) is 8.48. The smallest absolute Gasteiger partial charge is 0.227 e. The van der Waals surface area contributed by atoms with Crippen molar-refractivity contribution in [2.45, 2.75) is 58.7 Å². The van der Waals surface area contributed by atoms with Crippen LogP contribution < -0.4 is 4.48 Å². The van der Waals surface area contributed by atoms with Gasteiger partial charge in [-0.05, 0) is 44.9 Å². The fourth-order valence-corrected chi connectivity index (χ4v) is 5.13. The van der Waals surface area contributed by atoms with Crippen LogP contribution in [0.4, 0.5) is 5.69 Å². The quantitative estimate of drug-likeness (QED) is 0.555. The van der Waals surface area contributed by atoms with Crippen molar-refractivity contribution in [1.82, 2.24) is 14.4 Å². The lowest BCUT2D eigenvalue weighted by Gasteiger charge is -2.38. The molecule has 4 nitrogen and oxygen atoms in total. The number of pyridine rings is 1. The molecule has 4 heteroatoms. The molecule has 27 heavy (non-hydrogen) atoms. The van der Waals surface area contributed by atoms with Crippen LogP contribution in [0.5, 0.6) is 0 Å². The minimum Gasteiger partial charge on any atom is -0.431 e. The van der Waals surface area contributed by atoms with Gasteiger partial charge in [0.1, 0.15) is 6.20 Å². The van der Waals surface area contributed by atoms with Crippen molar-refractivity contribution in [3.63, 3.8) is 0 Å². The highest BCUT2D eigenvalue weighted by atomic mass is 16.3. The van der Waals surface area contributed by atoms with E-state index in [1.165, 1.54) is 36.9 Å². The predicted octanol–water partition coefficient (Wildman–Crippen LogP) is 5.61. The van der Waals surface area contributed by atoms with Gasteiger partial charge in [-0.2, -0.15) is 0 Å². The molecule has 0 saturated heterocycles. The summed E-state index contributed by atoms with van der Waals surface area (Å²) in [6.07, 6.45) is 10.4. The molecule has 0 N–H and O–H groups in total. The Morgan fingerprint density at radius 1 is 1.07 bits per heavy atom. The Morgan fingerprint density at radius 2 is 1.81 bits per heavy atom. The van der Waals surface area contributed by atoms with Gasteiger partial charge in [0.15, 0.2) is 17.4 Å². The topological polar surface area (TPSA) is 29.3 Å². The van der Waals surface area contributed by atoms with Crippen LogP contribution in [0.25, 0.3) is 22.1 Å². The first kappa shape index (κ1) is 16.8. The van der Waals surface area contributed by atoms with E-state index in [-0.39, 0.29) is 0 Å². The van der Waals surface area contributed by atoms with Crippen LogP contribution in [0.15, 0.2) is 41.1 Å². The van der Waals surface area contributed by atoms with Gasteiger partial charge in [0.25, 0.3) is 0 Å². The second-order valence-electron chi connectivity index (χ2n) is 8.48. The minimum atomic E-state index is 0.361. The first-order valence-electron chi connectivity index (χ1n) is 10.1. The minimum absolute atomic E-state index is 0.361. The van der Waals surface area contributed by atoms with Gasteiger partial charge in [0, 0.05) is 35.0 Å². The lowest BCUT2D eigenvalue weighted by molar-refractivity contribution is 0.150. The van der Waals surface area contributed by atoms with E-state index < -0.39 is 0 Å². The Hall–Kier alpha value is -2.33. The average molecular weight is 362 g/mol. The number of hydrogen-bond donors (Lipinski definition) is 0. The summed E-state index contributed by atoms with van der Waals surface area (Å²) in [5.74, 6) is 0. The molecule has 1 aromatic carbocycles. The van der Waals surface area contributed by atoms with Crippen LogP contribution >= 0.6 is 0 Å². The number of rotatable bonds is 2. The van der Waals surface area contributed by atoms with Crippen molar-refractivity contribution in [3.8, 4) is 0 Å². The molecule has 140 valence electrons. The fourth-order valence-electron chi connectivity index (χ4n) is 5.13. The Bertz CT molecular complexity index is 1060. The molecule has 1 saturated carbocycles. The Morgan fingerprint density at radius 3 is 2.59 bits per heavy atom. The van der Waals surface area contributed by atoms with Gasteiger partial charge in [0.05, 0.1) is 13.2 Å². The first-order chi connectivity index (χ1) is 13.0. The number of hydrogen-bond acceptors (Lipinski definition) is 3. The number of furan rings is 1. The summed E-state index contributed by atoms with van der Waals surface area (Å²) in [7, 11) is 2.31. The maximum absolute atomic E-state index is 6.35. The van der Waals surface area contributed by atoms with E-state index in [0.29, 0.717) is 12.2 Å². The molecule has 3 aromatic rings. The summed E-state index contributed by atoms with van der Waals surface area (Å²) in [6.45, 7) is 6.56. The van der Waals surface area contributed by atoms with Crippen LogP contribution in [0.3, 0.4) is 0 Å². The Balaban J connectivity index is 1.69. The third-order valence-electron chi connectivity index (χ3n) is 6.81. The standard InChI is InChI=1S/C23H28N3O/c1-15-9-11-19-20-12-10-16(2)24-23(20)27-22(19)21(15)26(4)14-13-25(17(26)3)18-7-5-6-8-18/h9-14,17-18H,5-8H2,1-4H3/q+1/t17-,26?/m0/s1. The monoisotopic (exact) mass is 362 g/mol. The van der Waals surface area contributed by atoms with Crippen LogP contribution in [0.1, 0.15) is 43.9 Å². The summed E-state index contributed by atoms with van der Waals surface area (Å²) in [5, 5.41) is 2.27. The third-order valence-corrected chi connectivity index (χ3v) is 6.81. The first-order valence-corrected chi connectivity index (χ1v) is 10.1. The van der Waals surface area contributed by atoms with Gasteiger partial charge in [-0.3, -0.25) is 0 Å². The van der Waals surface area contributed by atoms with Crippen LogP contribution in [0, 0.1) is 13.8 Å². The zero-order valence-electron chi connectivity index (χ0n) is 16.7. The second kappa shape index (κ2) is 5.83. The van der Waals surface area contributed by atoms with Gasteiger partial charge < -0.3 is 9.32 Å².